The maximum Gasteiger partial charge on any atom is 0.389 e. The summed E-state index contributed by atoms with van der Waals surface area (Å²) in [6.45, 7) is 2.00. The molecule has 0 radical (unpaired) electrons. The van der Waals surface area contributed by atoms with Gasteiger partial charge < -0.3 is 15.2 Å². The van der Waals surface area contributed by atoms with Gasteiger partial charge in [-0.3, -0.25) is 0 Å². The molecule has 0 amide bonds. The number of rotatable bonds is 8. The summed E-state index contributed by atoms with van der Waals surface area (Å²) in [4.78, 5) is 0. The number of alkyl halides is 3. The lowest BCUT2D eigenvalue weighted by Gasteiger charge is -2.16. The van der Waals surface area contributed by atoms with Gasteiger partial charge in [0.1, 0.15) is 11.5 Å². The number of benzene rings is 1. The van der Waals surface area contributed by atoms with Crippen molar-refractivity contribution in [3.05, 3.63) is 23.8 Å². The smallest absolute Gasteiger partial charge is 0.389 e. The lowest BCUT2D eigenvalue weighted by Crippen LogP contribution is -2.21. The summed E-state index contributed by atoms with van der Waals surface area (Å²) in [5.74, 6) is 1.15. The van der Waals surface area contributed by atoms with E-state index in [0.717, 1.165) is 12.0 Å². The molecule has 0 bridgehead atoms. The van der Waals surface area contributed by atoms with Crippen molar-refractivity contribution in [2.24, 2.45) is 5.73 Å². The third-order valence-electron chi connectivity index (χ3n) is 3.14. The number of ether oxygens (including phenoxy) is 2. The van der Waals surface area contributed by atoms with Crippen LogP contribution in [0.25, 0.3) is 0 Å². The summed E-state index contributed by atoms with van der Waals surface area (Å²) in [5.41, 5.74) is 6.81. The first-order chi connectivity index (χ1) is 9.85. The predicted octanol–water partition coefficient (Wildman–Crippen LogP) is 3.70. The molecule has 0 aliphatic carbocycles. The van der Waals surface area contributed by atoms with Crippen LogP contribution in [-0.4, -0.2) is 25.9 Å². The molecule has 0 saturated carbocycles. The number of halogens is 3. The summed E-state index contributed by atoms with van der Waals surface area (Å²) >= 11 is 0. The third kappa shape index (κ3) is 6.71. The van der Waals surface area contributed by atoms with Crippen LogP contribution in [0, 0.1) is 0 Å². The number of methoxy groups -OCH3 is 1. The van der Waals surface area contributed by atoms with E-state index in [1.165, 1.54) is 7.11 Å². The fraction of sp³-hybridized carbons (Fsp3) is 0.600. The molecule has 0 aromatic heterocycles. The van der Waals surface area contributed by atoms with Crippen molar-refractivity contribution in [3.8, 4) is 11.5 Å². The van der Waals surface area contributed by atoms with E-state index < -0.39 is 12.6 Å². The van der Waals surface area contributed by atoms with Crippen LogP contribution in [0.15, 0.2) is 18.2 Å². The van der Waals surface area contributed by atoms with E-state index in [1.54, 1.807) is 12.1 Å². The van der Waals surface area contributed by atoms with Crippen molar-refractivity contribution in [3.63, 3.8) is 0 Å². The molecule has 0 aliphatic heterocycles. The molecule has 21 heavy (non-hydrogen) atoms. The van der Waals surface area contributed by atoms with Crippen molar-refractivity contribution in [2.75, 3.05) is 13.7 Å². The first-order valence-electron chi connectivity index (χ1n) is 6.97. The average molecular weight is 305 g/mol. The van der Waals surface area contributed by atoms with Gasteiger partial charge in [-0.2, -0.15) is 13.2 Å². The summed E-state index contributed by atoms with van der Waals surface area (Å²) in [6.07, 6.45) is -3.62. The van der Waals surface area contributed by atoms with E-state index in [0.29, 0.717) is 17.9 Å². The Morgan fingerprint density at radius 2 is 2.00 bits per heavy atom. The second-order valence-electron chi connectivity index (χ2n) is 4.91. The van der Waals surface area contributed by atoms with Gasteiger partial charge in [0, 0.05) is 18.5 Å². The van der Waals surface area contributed by atoms with E-state index in [9.17, 15) is 13.2 Å². The monoisotopic (exact) mass is 305 g/mol. The highest BCUT2D eigenvalue weighted by molar-refractivity contribution is 5.41. The second-order valence-corrected chi connectivity index (χ2v) is 4.91. The molecule has 1 aromatic rings. The minimum Gasteiger partial charge on any atom is -0.497 e. The van der Waals surface area contributed by atoms with E-state index >= 15 is 0 Å². The zero-order chi connectivity index (χ0) is 15.9. The fourth-order valence-corrected chi connectivity index (χ4v) is 1.85. The van der Waals surface area contributed by atoms with Crippen LogP contribution >= 0.6 is 0 Å². The number of nitrogens with two attached hydrogens (primary N) is 1. The van der Waals surface area contributed by atoms with Crippen LogP contribution in [0.3, 0.4) is 0 Å². The molecule has 6 heteroatoms. The van der Waals surface area contributed by atoms with Crippen LogP contribution < -0.4 is 15.2 Å². The van der Waals surface area contributed by atoms with Crippen molar-refractivity contribution in [1.82, 2.24) is 0 Å². The van der Waals surface area contributed by atoms with E-state index in [-0.39, 0.29) is 19.1 Å². The Kier molecular flexibility index (Phi) is 6.81. The molecule has 0 aliphatic rings. The van der Waals surface area contributed by atoms with Gasteiger partial charge in [0.15, 0.2) is 0 Å². The topological polar surface area (TPSA) is 44.5 Å². The lowest BCUT2D eigenvalue weighted by atomic mass is 10.0. The predicted molar refractivity (Wildman–Crippen MR) is 75.7 cm³/mol. The van der Waals surface area contributed by atoms with Gasteiger partial charge >= 0.3 is 6.18 Å². The Labute approximate surface area is 123 Å². The maximum absolute atomic E-state index is 12.1. The average Bonchev–Trinajstić information content (AvgIpc) is 2.43. The van der Waals surface area contributed by atoms with E-state index in [4.69, 9.17) is 15.2 Å². The van der Waals surface area contributed by atoms with Gasteiger partial charge in [-0.05, 0) is 30.9 Å². The molecule has 0 spiro atoms. The molecule has 3 nitrogen and oxygen atoms in total. The summed E-state index contributed by atoms with van der Waals surface area (Å²) < 4.78 is 46.9. The molecular weight excluding hydrogens is 283 g/mol. The summed E-state index contributed by atoms with van der Waals surface area (Å²) in [5, 5.41) is 0. The summed E-state index contributed by atoms with van der Waals surface area (Å²) in [6, 6.07) is 5.31. The quantitative estimate of drug-likeness (QED) is 0.745. The summed E-state index contributed by atoms with van der Waals surface area (Å²) in [7, 11) is 1.53. The highest BCUT2D eigenvalue weighted by Crippen LogP contribution is 2.27. The van der Waals surface area contributed by atoms with Gasteiger partial charge in [-0.15, -0.1) is 0 Å². The molecule has 1 aromatic carbocycles. The minimum absolute atomic E-state index is 0.00378. The molecule has 120 valence electrons. The van der Waals surface area contributed by atoms with E-state index in [1.807, 2.05) is 13.0 Å². The Hall–Kier alpha value is -1.43. The highest BCUT2D eigenvalue weighted by Gasteiger charge is 2.26. The van der Waals surface area contributed by atoms with Crippen LogP contribution in [-0.2, 0) is 6.42 Å². The molecule has 1 atom stereocenters. The second kappa shape index (κ2) is 8.12. The van der Waals surface area contributed by atoms with Gasteiger partial charge in [0.05, 0.1) is 13.7 Å². The normalized spacial score (nSPS) is 13.0. The van der Waals surface area contributed by atoms with Gasteiger partial charge in [-0.1, -0.05) is 13.0 Å². The van der Waals surface area contributed by atoms with Crippen LogP contribution in [0.1, 0.15) is 31.7 Å². The Bertz CT molecular complexity index is 435. The van der Waals surface area contributed by atoms with Crippen molar-refractivity contribution in [2.45, 2.75) is 44.8 Å². The lowest BCUT2D eigenvalue weighted by molar-refractivity contribution is -0.136. The standard InChI is InChI=1S/C15H22F3NO2/c1-3-12(19)9-11-5-6-13(20-2)10-14(11)21-8-4-7-15(16,17)18/h5-6,10,12H,3-4,7-9,19H2,1-2H3. The largest absolute Gasteiger partial charge is 0.497 e. The molecule has 0 saturated heterocycles. The number of hydrogen-bond donors (Lipinski definition) is 1. The first-order valence-corrected chi connectivity index (χ1v) is 6.97. The van der Waals surface area contributed by atoms with Gasteiger partial charge in [0.25, 0.3) is 0 Å². The Balaban J connectivity index is 2.67. The Morgan fingerprint density at radius 3 is 2.57 bits per heavy atom. The highest BCUT2D eigenvalue weighted by atomic mass is 19.4. The molecule has 0 heterocycles. The molecular formula is C15H22F3NO2. The molecule has 0 fully saturated rings. The van der Waals surface area contributed by atoms with Crippen LogP contribution in [0.2, 0.25) is 0 Å². The van der Waals surface area contributed by atoms with Crippen molar-refractivity contribution in [1.29, 1.82) is 0 Å². The Morgan fingerprint density at radius 1 is 1.29 bits per heavy atom. The first kappa shape index (κ1) is 17.6. The molecule has 2 N–H and O–H groups in total. The molecule has 1 unspecified atom stereocenters. The molecule has 1 rings (SSSR count). The third-order valence-corrected chi connectivity index (χ3v) is 3.14. The van der Waals surface area contributed by atoms with Crippen molar-refractivity contribution >= 4 is 0 Å². The zero-order valence-electron chi connectivity index (χ0n) is 12.4. The maximum atomic E-state index is 12.1. The van der Waals surface area contributed by atoms with Crippen LogP contribution in [0.4, 0.5) is 13.2 Å². The fourth-order valence-electron chi connectivity index (χ4n) is 1.85. The SMILES string of the molecule is CCC(N)Cc1ccc(OC)cc1OCCCC(F)(F)F. The number of hydrogen-bond acceptors (Lipinski definition) is 3. The minimum atomic E-state index is -4.15. The van der Waals surface area contributed by atoms with E-state index in [2.05, 4.69) is 0 Å². The van der Waals surface area contributed by atoms with Crippen LogP contribution in [0.5, 0.6) is 11.5 Å². The zero-order valence-corrected chi connectivity index (χ0v) is 12.4. The van der Waals surface area contributed by atoms with Gasteiger partial charge in [0.2, 0.25) is 0 Å². The van der Waals surface area contributed by atoms with Gasteiger partial charge in [-0.25, -0.2) is 0 Å². The van der Waals surface area contributed by atoms with Crippen molar-refractivity contribution < 1.29 is 22.6 Å².